The van der Waals surface area contributed by atoms with E-state index in [1.165, 1.54) is 11.3 Å². The van der Waals surface area contributed by atoms with Crippen LogP contribution in [-0.2, 0) is 4.79 Å². The van der Waals surface area contributed by atoms with Gasteiger partial charge < -0.3 is 15.4 Å². The lowest BCUT2D eigenvalue weighted by Gasteiger charge is -2.07. The fourth-order valence-electron chi connectivity index (χ4n) is 2.76. The van der Waals surface area contributed by atoms with Gasteiger partial charge in [0.1, 0.15) is 5.75 Å². The third kappa shape index (κ3) is 5.42. The summed E-state index contributed by atoms with van der Waals surface area (Å²) in [5.74, 6) is 0.0507. The number of ether oxygens (including phenoxy) is 1. The highest BCUT2D eigenvalue weighted by Gasteiger charge is 2.12. The quantitative estimate of drug-likeness (QED) is 0.613. The monoisotopic (exact) mass is 409 g/mol. The summed E-state index contributed by atoms with van der Waals surface area (Å²) in [4.78, 5) is 28.9. The molecule has 0 bridgehead atoms. The number of anilines is 1. The molecule has 0 aliphatic heterocycles. The number of thiazole rings is 1. The Labute approximate surface area is 173 Å². The molecule has 0 radical (unpaired) electrons. The Morgan fingerprint density at radius 2 is 1.86 bits per heavy atom. The lowest BCUT2D eigenvalue weighted by atomic mass is 10.0. The number of hydrogen-bond acceptors (Lipinski definition) is 5. The lowest BCUT2D eigenvalue weighted by Crippen LogP contribution is -2.32. The third-order valence-electron chi connectivity index (χ3n) is 4.26. The number of benzene rings is 2. The molecule has 0 spiro atoms. The SMILES string of the molecule is CCOc1ccc(C(=O)NCC(=O)Nc2nc(-c3cc(C)ccc3C)cs2)cc1. The molecule has 0 saturated carbocycles. The first kappa shape index (κ1) is 20.5. The van der Waals surface area contributed by atoms with Gasteiger partial charge in [0.2, 0.25) is 5.91 Å². The molecule has 2 aromatic carbocycles. The number of aromatic nitrogens is 1. The van der Waals surface area contributed by atoms with Crippen LogP contribution < -0.4 is 15.4 Å². The zero-order chi connectivity index (χ0) is 20.8. The van der Waals surface area contributed by atoms with E-state index in [0.717, 1.165) is 22.4 Å². The summed E-state index contributed by atoms with van der Waals surface area (Å²) < 4.78 is 5.35. The van der Waals surface area contributed by atoms with Gasteiger partial charge in [0.15, 0.2) is 5.13 Å². The predicted molar refractivity (Wildman–Crippen MR) is 116 cm³/mol. The van der Waals surface area contributed by atoms with E-state index in [1.54, 1.807) is 24.3 Å². The first-order valence-corrected chi connectivity index (χ1v) is 10.2. The molecule has 29 heavy (non-hydrogen) atoms. The first-order valence-electron chi connectivity index (χ1n) is 9.30. The Kier molecular flexibility index (Phi) is 6.61. The summed E-state index contributed by atoms with van der Waals surface area (Å²) in [7, 11) is 0. The minimum absolute atomic E-state index is 0.134. The molecule has 1 heterocycles. The molecule has 150 valence electrons. The summed E-state index contributed by atoms with van der Waals surface area (Å²) in [6, 6.07) is 13.0. The first-order chi connectivity index (χ1) is 14.0. The Balaban J connectivity index is 1.55. The number of carbonyl (C=O) groups is 2. The standard InChI is InChI=1S/C22H23N3O3S/c1-4-28-17-9-7-16(8-10-17)21(27)23-12-20(26)25-22-24-19(13-29-22)18-11-14(2)5-6-15(18)3/h5-11,13H,4,12H2,1-3H3,(H,23,27)(H,24,25,26). The third-order valence-corrected chi connectivity index (χ3v) is 5.01. The van der Waals surface area contributed by atoms with E-state index in [0.29, 0.717) is 23.1 Å². The largest absolute Gasteiger partial charge is 0.494 e. The second-order valence-electron chi connectivity index (χ2n) is 6.54. The Hall–Kier alpha value is -3.19. The van der Waals surface area contributed by atoms with Crippen molar-refractivity contribution < 1.29 is 14.3 Å². The number of rotatable bonds is 7. The van der Waals surface area contributed by atoms with Crippen LogP contribution in [0.1, 0.15) is 28.4 Å². The lowest BCUT2D eigenvalue weighted by molar-refractivity contribution is -0.115. The summed E-state index contributed by atoms with van der Waals surface area (Å²) in [6.07, 6.45) is 0. The van der Waals surface area contributed by atoms with E-state index in [-0.39, 0.29) is 18.4 Å². The maximum Gasteiger partial charge on any atom is 0.251 e. The minimum atomic E-state index is -0.328. The van der Waals surface area contributed by atoms with Gasteiger partial charge in [-0.2, -0.15) is 0 Å². The normalized spacial score (nSPS) is 10.4. The smallest absolute Gasteiger partial charge is 0.251 e. The Morgan fingerprint density at radius 1 is 1.10 bits per heavy atom. The summed E-state index contributed by atoms with van der Waals surface area (Å²) in [6.45, 7) is 6.39. The topological polar surface area (TPSA) is 80.3 Å². The molecule has 0 saturated heterocycles. The van der Waals surface area contributed by atoms with Crippen molar-refractivity contribution in [1.29, 1.82) is 0 Å². The van der Waals surface area contributed by atoms with Gasteiger partial charge in [0.25, 0.3) is 5.91 Å². The van der Waals surface area contributed by atoms with Crippen molar-refractivity contribution in [2.75, 3.05) is 18.5 Å². The van der Waals surface area contributed by atoms with Crippen molar-refractivity contribution in [3.05, 3.63) is 64.5 Å². The van der Waals surface area contributed by atoms with Crippen LogP contribution in [-0.4, -0.2) is 29.9 Å². The van der Waals surface area contributed by atoms with Gasteiger partial charge in [-0.15, -0.1) is 11.3 Å². The molecule has 6 nitrogen and oxygen atoms in total. The molecular weight excluding hydrogens is 386 g/mol. The van der Waals surface area contributed by atoms with E-state index >= 15 is 0 Å². The molecular formula is C22H23N3O3S. The Bertz CT molecular complexity index is 1010. The maximum absolute atomic E-state index is 12.2. The van der Waals surface area contributed by atoms with Crippen LogP contribution in [0.2, 0.25) is 0 Å². The van der Waals surface area contributed by atoms with Gasteiger partial charge in [0, 0.05) is 16.5 Å². The zero-order valence-corrected chi connectivity index (χ0v) is 17.4. The highest BCUT2D eigenvalue weighted by atomic mass is 32.1. The average Bonchev–Trinajstić information content (AvgIpc) is 3.17. The molecule has 2 amide bonds. The molecule has 0 fully saturated rings. The molecule has 0 aliphatic carbocycles. The van der Waals surface area contributed by atoms with Crippen molar-refractivity contribution in [2.24, 2.45) is 0 Å². The minimum Gasteiger partial charge on any atom is -0.494 e. The van der Waals surface area contributed by atoms with Crippen LogP contribution >= 0.6 is 11.3 Å². The highest BCUT2D eigenvalue weighted by molar-refractivity contribution is 7.14. The summed E-state index contributed by atoms with van der Waals surface area (Å²) in [5.41, 5.74) is 4.62. The number of amides is 2. The van der Waals surface area contributed by atoms with Crippen molar-refractivity contribution in [2.45, 2.75) is 20.8 Å². The number of nitrogens with zero attached hydrogens (tertiary/aromatic N) is 1. The molecule has 3 aromatic rings. The summed E-state index contributed by atoms with van der Waals surface area (Å²) in [5, 5.41) is 7.76. The predicted octanol–water partition coefficient (Wildman–Crippen LogP) is 4.19. The molecule has 0 aliphatic rings. The zero-order valence-electron chi connectivity index (χ0n) is 16.6. The highest BCUT2D eigenvalue weighted by Crippen LogP contribution is 2.28. The number of hydrogen-bond donors (Lipinski definition) is 2. The van der Waals surface area contributed by atoms with E-state index in [2.05, 4.69) is 33.8 Å². The molecule has 0 unspecified atom stereocenters. The van der Waals surface area contributed by atoms with Gasteiger partial charge in [0.05, 0.1) is 18.8 Å². The van der Waals surface area contributed by atoms with Gasteiger partial charge in [-0.05, 0) is 56.7 Å². The van der Waals surface area contributed by atoms with Crippen molar-refractivity contribution >= 4 is 28.3 Å². The van der Waals surface area contributed by atoms with Crippen LogP contribution in [0.15, 0.2) is 47.8 Å². The fourth-order valence-corrected chi connectivity index (χ4v) is 3.49. The van der Waals surface area contributed by atoms with Crippen molar-refractivity contribution in [3.63, 3.8) is 0 Å². The number of nitrogens with one attached hydrogen (secondary N) is 2. The van der Waals surface area contributed by atoms with E-state index < -0.39 is 0 Å². The van der Waals surface area contributed by atoms with Crippen molar-refractivity contribution in [3.8, 4) is 17.0 Å². The maximum atomic E-state index is 12.2. The summed E-state index contributed by atoms with van der Waals surface area (Å²) >= 11 is 1.35. The van der Waals surface area contributed by atoms with Crippen LogP contribution in [0.25, 0.3) is 11.3 Å². The second-order valence-corrected chi connectivity index (χ2v) is 7.40. The Morgan fingerprint density at radius 3 is 2.59 bits per heavy atom. The molecule has 3 rings (SSSR count). The van der Waals surface area contributed by atoms with Crippen LogP contribution in [0.3, 0.4) is 0 Å². The van der Waals surface area contributed by atoms with Crippen molar-refractivity contribution in [1.82, 2.24) is 10.3 Å². The van der Waals surface area contributed by atoms with Gasteiger partial charge in [-0.1, -0.05) is 17.7 Å². The van der Waals surface area contributed by atoms with Gasteiger partial charge in [-0.3, -0.25) is 9.59 Å². The molecule has 1 aromatic heterocycles. The molecule has 2 N–H and O–H groups in total. The van der Waals surface area contributed by atoms with Crippen LogP contribution in [0.5, 0.6) is 5.75 Å². The molecule has 0 atom stereocenters. The molecule has 7 heteroatoms. The van der Waals surface area contributed by atoms with E-state index in [4.69, 9.17) is 4.74 Å². The van der Waals surface area contributed by atoms with Crippen LogP contribution in [0, 0.1) is 13.8 Å². The van der Waals surface area contributed by atoms with E-state index in [9.17, 15) is 9.59 Å². The van der Waals surface area contributed by atoms with Gasteiger partial charge in [-0.25, -0.2) is 4.98 Å². The fraction of sp³-hybridized carbons (Fsp3) is 0.227. The number of aryl methyl sites for hydroxylation is 2. The average molecular weight is 410 g/mol. The van der Waals surface area contributed by atoms with Crippen LogP contribution in [0.4, 0.5) is 5.13 Å². The van der Waals surface area contributed by atoms with Gasteiger partial charge >= 0.3 is 0 Å². The second kappa shape index (κ2) is 9.34. The van der Waals surface area contributed by atoms with E-state index in [1.807, 2.05) is 26.2 Å². The number of carbonyl (C=O) groups excluding carboxylic acids is 2.